The van der Waals surface area contributed by atoms with Gasteiger partial charge in [-0.3, -0.25) is 14.5 Å². The van der Waals surface area contributed by atoms with Gasteiger partial charge in [0.15, 0.2) is 0 Å². The van der Waals surface area contributed by atoms with E-state index in [9.17, 15) is 9.59 Å². The average Bonchev–Trinajstić information content (AvgIpc) is 2.98. The van der Waals surface area contributed by atoms with Gasteiger partial charge in [0.25, 0.3) is 0 Å². The highest BCUT2D eigenvalue weighted by Gasteiger charge is 2.30. The van der Waals surface area contributed by atoms with Crippen molar-refractivity contribution in [3.05, 3.63) is 16.6 Å². The minimum Gasteiger partial charge on any atom is -0.481 e. The van der Waals surface area contributed by atoms with Crippen molar-refractivity contribution in [2.45, 2.75) is 39.7 Å². The van der Waals surface area contributed by atoms with Gasteiger partial charge < -0.3 is 10.0 Å². The van der Waals surface area contributed by atoms with Crippen molar-refractivity contribution in [2.75, 3.05) is 26.2 Å². The van der Waals surface area contributed by atoms with Crippen LogP contribution in [0.2, 0.25) is 0 Å². The van der Waals surface area contributed by atoms with Crippen molar-refractivity contribution in [3.63, 3.8) is 0 Å². The number of piperazine rings is 1. The lowest BCUT2D eigenvalue weighted by atomic mass is 9.85. The van der Waals surface area contributed by atoms with E-state index < -0.39 is 11.4 Å². The van der Waals surface area contributed by atoms with Crippen LogP contribution in [-0.2, 0) is 9.59 Å². The largest absolute Gasteiger partial charge is 0.481 e. The number of nitrogens with zero attached hydrogens (tertiary/aromatic N) is 3. The first-order valence-electron chi connectivity index (χ1n) is 7.91. The number of carboxylic acids is 1. The van der Waals surface area contributed by atoms with Crippen LogP contribution in [-0.4, -0.2) is 57.9 Å². The Morgan fingerprint density at radius 1 is 1.30 bits per heavy atom. The van der Waals surface area contributed by atoms with E-state index in [2.05, 4.69) is 16.8 Å². The molecule has 1 saturated heterocycles. The number of aromatic nitrogens is 1. The molecule has 1 aromatic heterocycles. The minimum atomic E-state index is -0.857. The molecule has 0 radical (unpaired) electrons. The Morgan fingerprint density at radius 2 is 1.96 bits per heavy atom. The second-order valence-electron chi connectivity index (χ2n) is 6.87. The van der Waals surface area contributed by atoms with Crippen LogP contribution in [0.4, 0.5) is 0 Å². The van der Waals surface area contributed by atoms with Crippen LogP contribution in [0.5, 0.6) is 0 Å². The van der Waals surface area contributed by atoms with E-state index in [0.29, 0.717) is 13.1 Å². The lowest BCUT2D eigenvalue weighted by molar-refractivity contribution is -0.141. The highest BCUT2D eigenvalue weighted by molar-refractivity contribution is 7.09. The van der Waals surface area contributed by atoms with E-state index in [1.165, 1.54) is 0 Å². The SMILES string of the molecule is CC(c1nccs1)N1CCN(C(=O)CC(C)(C)CC(=O)O)CC1. The van der Waals surface area contributed by atoms with Crippen molar-refractivity contribution < 1.29 is 14.7 Å². The first kappa shape index (κ1) is 17.9. The Morgan fingerprint density at radius 3 is 2.48 bits per heavy atom. The Labute approximate surface area is 141 Å². The molecule has 2 rings (SSSR count). The zero-order chi connectivity index (χ0) is 17.0. The third-order valence-corrected chi connectivity index (χ3v) is 5.23. The molecule has 1 atom stereocenters. The fraction of sp³-hybridized carbons (Fsp3) is 0.688. The number of carbonyl (C=O) groups excluding carboxylic acids is 1. The first-order valence-corrected chi connectivity index (χ1v) is 8.79. The van der Waals surface area contributed by atoms with Crippen LogP contribution in [0.15, 0.2) is 11.6 Å². The molecule has 1 unspecified atom stereocenters. The zero-order valence-corrected chi connectivity index (χ0v) is 14.8. The number of carbonyl (C=O) groups is 2. The van der Waals surface area contributed by atoms with Crippen LogP contribution in [0.3, 0.4) is 0 Å². The van der Waals surface area contributed by atoms with Crippen LogP contribution in [0.25, 0.3) is 0 Å². The molecule has 7 heteroatoms. The molecule has 1 aliphatic heterocycles. The van der Waals surface area contributed by atoms with Crippen molar-refractivity contribution in [1.29, 1.82) is 0 Å². The van der Waals surface area contributed by atoms with E-state index in [1.807, 2.05) is 30.3 Å². The Bertz CT molecular complexity index is 537. The average molecular weight is 339 g/mol. The molecule has 1 aliphatic rings. The van der Waals surface area contributed by atoms with Crippen LogP contribution >= 0.6 is 11.3 Å². The fourth-order valence-electron chi connectivity index (χ4n) is 2.95. The van der Waals surface area contributed by atoms with Gasteiger partial charge in [0.1, 0.15) is 5.01 Å². The number of hydrogen-bond acceptors (Lipinski definition) is 5. The quantitative estimate of drug-likeness (QED) is 0.860. The third kappa shape index (κ3) is 5.00. The monoisotopic (exact) mass is 339 g/mol. The number of thiazole rings is 1. The van der Waals surface area contributed by atoms with Gasteiger partial charge >= 0.3 is 5.97 Å². The molecule has 2 heterocycles. The van der Waals surface area contributed by atoms with Crippen molar-refractivity contribution in [3.8, 4) is 0 Å². The van der Waals surface area contributed by atoms with Crippen molar-refractivity contribution in [2.24, 2.45) is 5.41 Å². The molecule has 0 aromatic carbocycles. The van der Waals surface area contributed by atoms with E-state index >= 15 is 0 Å². The summed E-state index contributed by atoms with van der Waals surface area (Å²) in [5.41, 5.74) is -0.506. The van der Waals surface area contributed by atoms with E-state index in [1.54, 1.807) is 11.3 Å². The summed E-state index contributed by atoms with van der Waals surface area (Å²) in [6.45, 7) is 8.85. The van der Waals surface area contributed by atoms with Crippen LogP contribution < -0.4 is 0 Å². The van der Waals surface area contributed by atoms with Crippen molar-refractivity contribution in [1.82, 2.24) is 14.8 Å². The highest BCUT2D eigenvalue weighted by atomic mass is 32.1. The lowest BCUT2D eigenvalue weighted by Gasteiger charge is -2.38. The summed E-state index contributed by atoms with van der Waals surface area (Å²) in [5, 5.41) is 12.0. The van der Waals surface area contributed by atoms with Crippen molar-refractivity contribution >= 4 is 23.2 Å². The van der Waals surface area contributed by atoms with Gasteiger partial charge in [-0.15, -0.1) is 11.3 Å². The molecule has 23 heavy (non-hydrogen) atoms. The van der Waals surface area contributed by atoms with Gasteiger partial charge in [-0.2, -0.15) is 0 Å². The summed E-state index contributed by atoms with van der Waals surface area (Å²) < 4.78 is 0. The Hall–Kier alpha value is -1.47. The minimum absolute atomic E-state index is 0.0137. The van der Waals surface area contributed by atoms with Crippen LogP contribution in [0, 0.1) is 5.41 Å². The molecule has 0 bridgehead atoms. The van der Waals surface area contributed by atoms with Gasteiger partial charge in [-0.05, 0) is 12.3 Å². The van der Waals surface area contributed by atoms with E-state index in [4.69, 9.17) is 5.11 Å². The maximum Gasteiger partial charge on any atom is 0.303 e. The molecule has 1 N–H and O–H groups in total. The van der Waals surface area contributed by atoms with Crippen LogP contribution in [0.1, 0.15) is 44.7 Å². The molecule has 0 spiro atoms. The molecule has 128 valence electrons. The van der Waals surface area contributed by atoms with Gasteiger partial charge in [0.2, 0.25) is 5.91 Å². The molecule has 0 saturated carbocycles. The smallest absolute Gasteiger partial charge is 0.303 e. The summed E-state index contributed by atoms with van der Waals surface area (Å²) in [5.74, 6) is -0.803. The maximum absolute atomic E-state index is 12.4. The molecular formula is C16H25N3O3S. The molecule has 6 nitrogen and oxygen atoms in total. The lowest BCUT2D eigenvalue weighted by Crippen LogP contribution is -2.50. The van der Waals surface area contributed by atoms with E-state index in [-0.39, 0.29) is 24.8 Å². The summed E-state index contributed by atoms with van der Waals surface area (Å²) in [6.07, 6.45) is 2.11. The number of aliphatic carboxylic acids is 1. The number of carboxylic acid groups (broad SMARTS) is 1. The summed E-state index contributed by atoms with van der Waals surface area (Å²) in [6, 6.07) is 0.274. The fourth-order valence-corrected chi connectivity index (χ4v) is 3.68. The normalized spacial score (nSPS) is 18.0. The second kappa shape index (κ2) is 7.40. The summed E-state index contributed by atoms with van der Waals surface area (Å²) in [7, 11) is 0. The Kier molecular flexibility index (Phi) is 5.75. The third-order valence-electron chi connectivity index (χ3n) is 4.28. The number of amides is 1. The predicted molar refractivity (Wildman–Crippen MR) is 89.3 cm³/mol. The topological polar surface area (TPSA) is 73.7 Å². The summed E-state index contributed by atoms with van der Waals surface area (Å²) in [4.78, 5) is 31.8. The first-order chi connectivity index (χ1) is 10.8. The van der Waals surface area contributed by atoms with Gasteiger partial charge in [0.05, 0.1) is 12.5 Å². The molecule has 0 aliphatic carbocycles. The molecular weight excluding hydrogens is 314 g/mol. The van der Waals surface area contributed by atoms with E-state index in [0.717, 1.165) is 18.1 Å². The van der Waals surface area contributed by atoms with Gasteiger partial charge in [0, 0.05) is 44.2 Å². The Balaban J connectivity index is 1.84. The standard InChI is InChI=1S/C16H25N3O3S/c1-12(15-17-4-9-23-15)18-5-7-19(8-6-18)13(20)10-16(2,3)11-14(21)22/h4,9,12H,5-8,10-11H2,1-3H3,(H,21,22). The highest BCUT2D eigenvalue weighted by Crippen LogP contribution is 2.27. The van der Waals surface area contributed by atoms with Gasteiger partial charge in [-0.25, -0.2) is 4.98 Å². The van der Waals surface area contributed by atoms with Gasteiger partial charge in [-0.1, -0.05) is 13.8 Å². The molecule has 1 fully saturated rings. The molecule has 1 amide bonds. The summed E-state index contributed by atoms with van der Waals surface area (Å²) >= 11 is 1.66. The number of hydrogen-bond donors (Lipinski definition) is 1. The predicted octanol–water partition coefficient (Wildman–Crippen LogP) is 2.24. The second-order valence-corrected chi connectivity index (χ2v) is 7.80. The molecule has 1 aromatic rings. The zero-order valence-electron chi connectivity index (χ0n) is 14.0. The number of rotatable bonds is 6. The maximum atomic E-state index is 12.4.